The molecule has 164 valence electrons. The maximum atomic E-state index is 13.0. The van der Waals surface area contributed by atoms with Crippen LogP contribution in [0.1, 0.15) is 17.2 Å². The third-order valence-corrected chi connectivity index (χ3v) is 5.59. The van der Waals surface area contributed by atoms with Crippen molar-refractivity contribution in [1.29, 1.82) is 0 Å². The van der Waals surface area contributed by atoms with Crippen LogP contribution >= 0.6 is 23.2 Å². The summed E-state index contributed by atoms with van der Waals surface area (Å²) in [7, 11) is 4.36. The van der Waals surface area contributed by atoms with E-state index in [-0.39, 0.29) is 22.9 Å². The number of hydrogen-bond donors (Lipinski definition) is 1. The average Bonchev–Trinajstić information content (AvgIpc) is 3.01. The Balaban J connectivity index is 2.18. The smallest absolute Gasteiger partial charge is 0.295 e. The lowest BCUT2D eigenvalue weighted by atomic mass is 9.95. The topological polar surface area (TPSA) is 85.3 Å². The fraction of sp³-hybridized carbons (Fsp3) is 0.273. The van der Waals surface area contributed by atoms with Crippen LogP contribution in [-0.2, 0) is 19.1 Å². The molecule has 1 aliphatic rings. The molecule has 9 heteroatoms. The van der Waals surface area contributed by atoms with Crippen LogP contribution in [0.25, 0.3) is 5.76 Å². The third-order valence-electron chi connectivity index (χ3n) is 5.03. The number of likely N-dealkylation sites (tertiary alicyclic amines) is 1. The minimum atomic E-state index is -0.959. The van der Waals surface area contributed by atoms with E-state index in [0.29, 0.717) is 21.9 Å². The average molecular weight is 466 g/mol. The standard InChI is InChI=1S/C22H21Cl2NO6/c1-29-14-7-4-12(5-8-14)20(26)18-19(15-9-6-13(23)10-16(15)24)25(22(28)21(18)27)11-17(30-2)31-3/h4-10,17,19,26H,11H2,1-3H3/b20-18-. The first-order chi connectivity index (χ1) is 14.8. The Kier molecular flexibility index (Phi) is 7.23. The number of ketones is 1. The molecular weight excluding hydrogens is 445 g/mol. The number of benzene rings is 2. The third kappa shape index (κ3) is 4.55. The molecular formula is C22H21Cl2NO6. The van der Waals surface area contributed by atoms with Crippen LogP contribution in [0.2, 0.25) is 10.0 Å². The minimum Gasteiger partial charge on any atom is -0.507 e. The van der Waals surface area contributed by atoms with Crippen LogP contribution in [0, 0.1) is 0 Å². The van der Waals surface area contributed by atoms with Crippen LogP contribution in [0.5, 0.6) is 5.75 Å². The van der Waals surface area contributed by atoms with Gasteiger partial charge in [-0.15, -0.1) is 0 Å². The number of hydrogen-bond acceptors (Lipinski definition) is 6. The molecule has 1 N–H and O–H groups in total. The highest BCUT2D eigenvalue weighted by Crippen LogP contribution is 2.42. The first-order valence-corrected chi connectivity index (χ1v) is 10.0. The summed E-state index contributed by atoms with van der Waals surface area (Å²) in [5.41, 5.74) is 0.695. The Hall–Kier alpha value is -2.58. The first-order valence-electron chi connectivity index (χ1n) is 9.25. The van der Waals surface area contributed by atoms with Crippen molar-refractivity contribution < 1.29 is 28.9 Å². The maximum absolute atomic E-state index is 13.0. The van der Waals surface area contributed by atoms with E-state index < -0.39 is 24.0 Å². The normalized spacial score (nSPS) is 18.1. The molecule has 1 aliphatic heterocycles. The summed E-state index contributed by atoms with van der Waals surface area (Å²) >= 11 is 12.4. The Morgan fingerprint density at radius 3 is 2.26 bits per heavy atom. The Bertz CT molecular complexity index is 1020. The van der Waals surface area contributed by atoms with Crippen LogP contribution in [0.4, 0.5) is 0 Å². The fourth-order valence-corrected chi connectivity index (χ4v) is 3.94. The molecule has 1 unspecified atom stereocenters. The lowest BCUT2D eigenvalue weighted by Crippen LogP contribution is -2.38. The highest BCUT2D eigenvalue weighted by molar-refractivity contribution is 6.47. The Morgan fingerprint density at radius 2 is 1.71 bits per heavy atom. The summed E-state index contributed by atoms with van der Waals surface area (Å²) in [6.45, 7) is -0.0550. The van der Waals surface area contributed by atoms with Crippen LogP contribution in [-0.4, -0.2) is 55.9 Å². The van der Waals surface area contributed by atoms with Crippen molar-refractivity contribution in [2.24, 2.45) is 0 Å². The number of halogens is 2. The van der Waals surface area contributed by atoms with Gasteiger partial charge in [0.1, 0.15) is 11.5 Å². The number of methoxy groups -OCH3 is 3. The van der Waals surface area contributed by atoms with Crippen LogP contribution in [0.3, 0.4) is 0 Å². The number of nitrogens with zero attached hydrogens (tertiary/aromatic N) is 1. The van der Waals surface area contributed by atoms with E-state index in [1.54, 1.807) is 36.4 Å². The van der Waals surface area contributed by atoms with Gasteiger partial charge in [0.25, 0.3) is 11.7 Å². The zero-order chi connectivity index (χ0) is 22.7. The van der Waals surface area contributed by atoms with Gasteiger partial charge in [-0.25, -0.2) is 0 Å². The Labute approximate surface area is 189 Å². The zero-order valence-corrected chi connectivity index (χ0v) is 18.6. The summed E-state index contributed by atoms with van der Waals surface area (Å²) < 4.78 is 15.6. The molecule has 7 nitrogen and oxygen atoms in total. The maximum Gasteiger partial charge on any atom is 0.295 e. The zero-order valence-electron chi connectivity index (χ0n) is 17.1. The monoisotopic (exact) mass is 465 g/mol. The van der Waals surface area contributed by atoms with E-state index in [2.05, 4.69) is 0 Å². The van der Waals surface area contributed by atoms with Crippen LogP contribution in [0.15, 0.2) is 48.0 Å². The van der Waals surface area contributed by atoms with Crippen molar-refractivity contribution in [3.63, 3.8) is 0 Å². The number of ether oxygens (including phenoxy) is 3. The van der Waals surface area contributed by atoms with Gasteiger partial charge in [0, 0.05) is 29.8 Å². The number of carbonyl (C=O) groups excluding carboxylic acids is 2. The van der Waals surface area contributed by atoms with E-state index in [4.69, 9.17) is 37.4 Å². The van der Waals surface area contributed by atoms with E-state index in [1.807, 2.05) is 0 Å². The summed E-state index contributed by atoms with van der Waals surface area (Å²) in [4.78, 5) is 27.2. The van der Waals surface area contributed by atoms with Crippen molar-refractivity contribution in [2.75, 3.05) is 27.9 Å². The molecule has 0 bridgehead atoms. The SMILES string of the molecule is COc1ccc(/C(O)=C2/C(=O)C(=O)N(CC(OC)OC)C2c2ccc(Cl)cc2Cl)cc1. The molecule has 31 heavy (non-hydrogen) atoms. The molecule has 0 aliphatic carbocycles. The molecule has 0 saturated carbocycles. The van der Waals surface area contributed by atoms with Crippen molar-refractivity contribution in [1.82, 2.24) is 4.90 Å². The number of Topliss-reactive ketones (excluding diaryl/α,β-unsaturated/α-hetero) is 1. The van der Waals surface area contributed by atoms with E-state index in [0.717, 1.165) is 0 Å². The molecule has 2 aromatic carbocycles. The molecule has 0 spiro atoms. The predicted octanol–water partition coefficient (Wildman–Crippen LogP) is 4.04. The lowest BCUT2D eigenvalue weighted by Gasteiger charge is -2.28. The van der Waals surface area contributed by atoms with Gasteiger partial charge in [-0.3, -0.25) is 9.59 Å². The lowest BCUT2D eigenvalue weighted by molar-refractivity contribution is -0.149. The second-order valence-electron chi connectivity index (χ2n) is 6.75. The van der Waals surface area contributed by atoms with Gasteiger partial charge in [0.15, 0.2) is 6.29 Å². The van der Waals surface area contributed by atoms with Crippen molar-refractivity contribution in [3.8, 4) is 5.75 Å². The van der Waals surface area contributed by atoms with Gasteiger partial charge < -0.3 is 24.2 Å². The van der Waals surface area contributed by atoms with Crippen molar-refractivity contribution in [3.05, 3.63) is 69.2 Å². The minimum absolute atomic E-state index is 0.0550. The predicted molar refractivity (Wildman–Crippen MR) is 116 cm³/mol. The van der Waals surface area contributed by atoms with E-state index in [9.17, 15) is 14.7 Å². The highest BCUT2D eigenvalue weighted by Gasteiger charge is 2.47. The van der Waals surface area contributed by atoms with Crippen molar-refractivity contribution in [2.45, 2.75) is 12.3 Å². The van der Waals surface area contributed by atoms with Crippen molar-refractivity contribution >= 4 is 40.7 Å². The summed E-state index contributed by atoms with van der Waals surface area (Å²) in [6.07, 6.45) is -0.784. The van der Waals surface area contributed by atoms with Gasteiger partial charge in [-0.2, -0.15) is 0 Å². The second kappa shape index (κ2) is 9.70. The fourth-order valence-electron chi connectivity index (χ4n) is 3.43. The molecule has 1 atom stereocenters. The molecule has 2 aromatic rings. The summed E-state index contributed by atoms with van der Waals surface area (Å²) in [5, 5.41) is 11.7. The summed E-state index contributed by atoms with van der Waals surface area (Å²) in [5.74, 6) is -1.39. The molecule has 0 radical (unpaired) electrons. The molecule has 1 heterocycles. The number of aliphatic hydroxyl groups excluding tert-OH is 1. The first kappa shape index (κ1) is 23.1. The molecule has 1 fully saturated rings. The molecule has 3 rings (SSSR count). The van der Waals surface area contributed by atoms with Gasteiger partial charge in [-0.05, 0) is 42.0 Å². The van der Waals surface area contributed by atoms with Gasteiger partial charge in [-0.1, -0.05) is 29.3 Å². The molecule has 1 saturated heterocycles. The Morgan fingerprint density at radius 1 is 1.06 bits per heavy atom. The van der Waals surface area contributed by atoms with Gasteiger partial charge in [0.05, 0.1) is 25.3 Å². The number of rotatable bonds is 7. The van der Waals surface area contributed by atoms with Gasteiger partial charge >= 0.3 is 0 Å². The number of aliphatic hydroxyl groups is 1. The van der Waals surface area contributed by atoms with E-state index >= 15 is 0 Å². The molecule has 0 aromatic heterocycles. The second-order valence-corrected chi connectivity index (χ2v) is 7.59. The highest BCUT2D eigenvalue weighted by atomic mass is 35.5. The largest absolute Gasteiger partial charge is 0.507 e. The number of carbonyl (C=O) groups is 2. The molecule has 1 amide bonds. The van der Waals surface area contributed by atoms with E-state index in [1.165, 1.54) is 32.3 Å². The quantitative estimate of drug-likeness (QED) is 0.287. The van der Waals surface area contributed by atoms with Crippen LogP contribution < -0.4 is 4.74 Å². The van der Waals surface area contributed by atoms with Gasteiger partial charge in [0.2, 0.25) is 0 Å². The summed E-state index contributed by atoms with van der Waals surface area (Å²) in [6, 6.07) is 10.2. The number of amides is 1.